The summed E-state index contributed by atoms with van der Waals surface area (Å²) >= 11 is 0. The molecule has 0 aliphatic carbocycles. The van der Waals surface area contributed by atoms with Crippen molar-refractivity contribution in [3.8, 4) is 0 Å². The van der Waals surface area contributed by atoms with Crippen molar-refractivity contribution < 1.29 is 5.11 Å². The van der Waals surface area contributed by atoms with Gasteiger partial charge < -0.3 is 16.2 Å². The van der Waals surface area contributed by atoms with Gasteiger partial charge in [0.05, 0.1) is 0 Å². The molecule has 0 saturated carbocycles. The zero-order valence-corrected chi connectivity index (χ0v) is 9.11. The van der Waals surface area contributed by atoms with Crippen molar-refractivity contribution in [3.63, 3.8) is 0 Å². The normalized spacial score (nSPS) is 12.4. The third-order valence-corrected chi connectivity index (χ3v) is 2.46. The number of nitrogens with one attached hydrogen (secondary N) is 1. The lowest BCUT2D eigenvalue weighted by Gasteiger charge is -2.14. The van der Waals surface area contributed by atoms with Crippen LogP contribution in [-0.4, -0.2) is 23.2 Å². The minimum Gasteiger partial charge on any atom is -0.396 e. The highest BCUT2D eigenvalue weighted by Gasteiger charge is 2.05. The Labute approximate surface area is 90.5 Å². The van der Waals surface area contributed by atoms with E-state index in [1.165, 1.54) is 0 Å². The van der Waals surface area contributed by atoms with E-state index in [-0.39, 0.29) is 6.61 Å². The van der Waals surface area contributed by atoms with E-state index in [4.69, 9.17) is 10.8 Å². The van der Waals surface area contributed by atoms with Crippen molar-refractivity contribution >= 4 is 11.6 Å². The summed E-state index contributed by atoms with van der Waals surface area (Å²) < 4.78 is 0. The van der Waals surface area contributed by atoms with E-state index >= 15 is 0 Å². The Balaban J connectivity index is 2.41. The molecule has 1 heterocycles. The van der Waals surface area contributed by atoms with E-state index in [9.17, 15) is 0 Å². The predicted molar refractivity (Wildman–Crippen MR) is 62.6 cm³/mol. The second-order valence-electron chi connectivity index (χ2n) is 3.62. The zero-order valence-electron chi connectivity index (χ0n) is 9.11. The molecule has 0 bridgehead atoms. The number of aliphatic hydroxyl groups is 1. The molecule has 84 valence electrons. The van der Waals surface area contributed by atoms with Crippen molar-refractivity contribution in [1.29, 1.82) is 0 Å². The highest BCUT2D eigenvalue weighted by Crippen LogP contribution is 2.10. The monoisotopic (exact) mass is 209 g/mol. The number of aromatic nitrogens is 1. The molecule has 0 aromatic carbocycles. The van der Waals surface area contributed by atoms with Gasteiger partial charge in [0.25, 0.3) is 0 Å². The molecule has 1 atom stereocenters. The third kappa shape index (κ3) is 4.16. The van der Waals surface area contributed by atoms with Crippen LogP contribution in [0.1, 0.15) is 19.8 Å². The standard InChI is InChI=1S/C11H19N3O/c1-2-9(6-7-15)8-13-11-5-3-4-10(12)14-11/h3-5,9,15H,2,6-8H2,1H3,(H3,12,13,14). The molecule has 0 spiro atoms. The Morgan fingerprint density at radius 1 is 1.53 bits per heavy atom. The molecule has 0 fully saturated rings. The van der Waals surface area contributed by atoms with E-state index < -0.39 is 0 Å². The Morgan fingerprint density at radius 3 is 2.93 bits per heavy atom. The van der Waals surface area contributed by atoms with E-state index in [0.29, 0.717) is 11.7 Å². The van der Waals surface area contributed by atoms with Crippen LogP contribution in [0.15, 0.2) is 18.2 Å². The van der Waals surface area contributed by atoms with E-state index in [0.717, 1.165) is 25.2 Å². The SMILES string of the molecule is CCC(CCO)CNc1cccc(N)n1. The lowest BCUT2D eigenvalue weighted by atomic mass is 10.0. The highest BCUT2D eigenvalue weighted by atomic mass is 16.3. The number of aliphatic hydroxyl groups excluding tert-OH is 1. The smallest absolute Gasteiger partial charge is 0.128 e. The molecule has 0 aliphatic rings. The van der Waals surface area contributed by atoms with Crippen LogP contribution in [0.25, 0.3) is 0 Å². The van der Waals surface area contributed by atoms with Crippen molar-refractivity contribution in [2.75, 3.05) is 24.2 Å². The molecule has 1 aromatic rings. The molecule has 4 nitrogen and oxygen atoms in total. The summed E-state index contributed by atoms with van der Waals surface area (Å²) in [7, 11) is 0. The van der Waals surface area contributed by atoms with Crippen molar-refractivity contribution in [2.45, 2.75) is 19.8 Å². The summed E-state index contributed by atoms with van der Waals surface area (Å²) in [5.41, 5.74) is 5.57. The molecule has 4 N–H and O–H groups in total. The van der Waals surface area contributed by atoms with Gasteiger partial charge in [0, 0.05) is 13.2 Å². The van der Waals surface area contributed by atoms with Gasteiger partial charge in [-0.2, -0.15) is 0 Å². The minimum absolute atomic E-state index is 0.241. The number of anilines is 2. The molecule has 0 amide bonds. The second-order valence-corrected chi connectivity index (χ2v) is 3.62. The zero-order chi connectivity index (χ0) is 11.1. The maximum absolute atomic E-state index is 8.85. The molecule has 1 aromatic heterocycles. The van der Waals surface area contributed by atoms with Crippen LogP contribution in [0.4, 0.5) is 11.6 Å². The first-order chi connectivity index (χ1) is 7.26. The number of rotatable bonds is 6. The fourth-order valence-corrected chi connectivity index (χ4v) is 1.43. The van der Waals surface area contributed by atoms with Crippen LogP contribution in [-0.2, 0) is 0 Å². The molecule has 1 rings (SSSR count). The lowest BCUT2D eigenvalue weighted by Crippen LogP contribution is -2.15. The van der Waals surface area contributed by atoms with Gasteiger partial charge in [-0.1, -0.05) is 19.4 Å². The van der Waals surface area contributed by atoms with E-state index in [2.05, 4.69) is 17.2 Å². The van der Waals surface area contributed by atoms with Crippen molar-refractivity contribution in [3.05, 3.63) is 18.2 Å². The lowest BCUT2D eigenvalue weighted by molar-refractivity contribution is 0.258. The Bertz CT molecular complexity index is 291. The first-order valence-corrected chi connectivity index (χ1v) is 5.33. The highest BCUT2D eigenvalue weighted by molar-refractivity contribution is 5.42. The van der Waals surface area contributed by atoms with Gasteiger partial charge >= 0.3 is 0 Å². The van der Waals surface area contributed by atoms with Crippen molar-refractivity contribution in [1.82, 2.24) is 4.98 Å². The average molecular weight is 209 g/mol. The Kier molecular flexibility index (Phi) is 4.90. The number of nitrogens with two attached hydrogens (primary N) is 1. The second kappa shape index (κ2) is 6.24. The quantitative estimate of drug-likeness (QED) is 0.663. The van der Waals surface area contributed by atoms with E-state index in [1.807, 2.05) is 12.1 Å². The molecular formula is C11H19N3O. The number of nitrogens with zero attached hydrogens (tertiary/aromatic N) is 1. The summed E-state index contributed by atoms with van der Waals surface area (Å²) in [6.07, 6.45) is 1.88. The van der Waals surface area contributed by atoms with Crippen molar-refractivity contribution in [2.24, 2.45) is 5.92 Å². The minimum atomic E-state index is 0.241. The Hall–Kier alpha value is -1.29. The first kappa shape index (κ1) is 11.8. The summed E-state index contributed by atoms with van der Waals surface area (Å²) in [4.78, 5) is 4.14. The largest absolute Gasteiger partial charge is 0.396 e. The molecule has 0 aliphatic heterocycles. The topological polar surface area (TPSA) is 71.2 Å². The van der Waals surface area contributed by atoms with Crippen LogP contribution < -0.4 is 11.1 Å². The van der Waals surface area contributed by atoms with Crippen LogP contribution in [0.2, 0.25) is 0 Å². The predicted octanol–water partition coefficient (Wildman–Crippen LogP) is 1.48. The van der Waals surface area contributed by atoms with Gasteiger partial charge in [0.1, 0.15) is 11.6 Å². The van der Waals surface area contributed by atoms with Gasteiger partial charge in [0.2, 0.25) is 0 Å². The number of hydrogen-bond acceptors (Lipinski definition) is 4. The number of pyridine rings is 1. The average Bonchev–Trinajstić information content (AvgIpc) is 2.24. The van der Waals surface area contributed by atoms with Crippen LogP contribution in [0.3, 0.4) is 0 Å². The maximum atomic E-state index is 8.85. The van der Waals surface area contributed by atoms with Crippen LogP contribution in [0, 0.1) is 5.92 Å². The molecule has 4 heteroatoms. The maximum Gasteiger partial charge on any atom is 0.128 e. The summed E-state index contributed by atoms with van der Waals surface area (Å²) in [5.74, 6) is 1.81. The fourth-order valence-electron chi connectivity index (χ4n) is 1.43. The molecule has 0 saturated heterocycles. The molecular weight excluding hydrogens is 190 g/mol. The van der Waals surface area contributed by atoms with Gasteiger partial charge in [-0.3, -0.25) is 0 Å². The fraction of sp³-hybridized carbons (Fsp3) is 0.545. The summed E-state index contributed by atoms with van der Waals surface area (Å²) in [6.45, 7) is 3.19. The van der Waals surface area contributed by atoms with Gasteiger partial charge in [0.15, 0.2) is 0 Å². The number of nitrogen functional groups attached to an aromatic ring is 1. The van der Waals surface area contributed by atoms with Gasteiger partial charge in [-0.25, -0.2) is 4.98 Å². The third-order valence-electron chi connectivity index (χ3n) is 2.46. The van der Waals surface area contributed by atoms with Gasteiger partial charge in [-0.05, 0) is 24.5 Å². The Morgan fingerprint density at radius 2 is 2.33 bits per heavy atom. The molecule has 15 heavy (non-hydrogen) atoms. The van der Waals surface area contributed by atoms with Gasteiger partial charge in [-0.15, -0.1) is 0 Å². The summed E-state index contributed by atoms with van der Waals surface area (Å²) in [6, 6.07) is 5.52. The van der Waals surface area contributed by atoms with E-state index in [1.54, 1.807) is 6.07 Å². The van der Waals surface area contributed by atoms with Crippen LogP contribution in [0.5, 0.6) is 0 Å². The summed E-state index contributed by atoms with van der Waals surface area (Å²) in [5, 5.41) is 12.1. The molecule has 1 unspecified atom stereocenters. The number of hydrogen-bond donors (Lipinski definition) is 3. The van der Waals surface area contributed by atoms with Crippen LogP contribution >= 0.6 is 0 Å². The first-order valence-electron chi connectivity index (χ1n) is 5.33. The molecule has 0 radical (unpaired) electrons.